The second-order valence-corrected chi connectivity index (χ2v) is 7.55. The van der Waals surface area contributed by atoms with E-state index in [1.165, 1.54) is 24.1 Å². The maximum atomic E-state index is 13.1. The average Bonchev–Trinajstić information content (AvgIpc) is 3.23. The minimum Gasteiger partial charge on any atom is -0.441 e. The summed E-state index contributed by atoms with van der Waals surface area (Å²) in [5, 5.41) is 0. The van der Waals surface area contributed by atoms with Gasteiger partial charge in [-0.25, -0.2) is 9.37 Å². The van der Waals surface area contributed by atoms with Gasteiger partial charge in [0, 0.05) is 31.0 Å². The number of piperidine rings is 1. The van der Waals surface area contributed by atoms with Crippen molar-refractivity contribution in [2.45, 2.75) is 44.6 Å². The highest BCUT2D eigenvalue weighted by molar-refractivity contribution is 5.76. The van der Waals surface area contributed by atoms with Crippen molar-refractivity contribution in [3.05, 3.63) is 78.1 Å². The fourth-order valence-electron chi connectivity index (χ4n) is 3.96. The lowest BCUT2D eigenvalue weighted by atomic mass is 9.95. The van der Waals surface area contributed by atoms with E-state index in [0.29, 0.717) is 24.5 Å². The maximum absolute atomic E-state index is 13.1. The summed E-state index contributed by atoms with van der Waals surface area (Å²) < 4.78 is 18.8. The van der Waals surface area contributed by atoms with Crippen LogP contribution in [0.3, 0.4) is 0 Å². The number of rotatable bonds is 6. The van der Waals surface area contributed by atoms with Crippen LogP contribution in [0, 0.1) is 5.82 Å². The molecule has 0 aliphatic carbocycles. The summed E-state index contributed by atoms with van der Waals surface area (Å²) in [6.45, 7) is 0.822. The standard InChI is InChI=1S/C24H25FN2O2/c25-20-11-9-19(10-12-20)22-17-26-23(29-22)13-14-24(28)27-15-5-4-8-21(27)16-18-6-2-1-3-7-18/h1-3,6-7,9-12,17,21H,4-5,8,13-16H2. The van der Waals surface area contributed by atoms with E-state index in [0.717, 1.165) is 31.4 Å². The highest BCUT2D eigenvalue weighted by Crippen LogP contribution is 2.24. The fourth-order valence-corrected chi connectivity index (χ4v) is 3.96. The van der Waals surface area contributed by atoms with E-state index in [2.05, 4.69) is 17.1 Å². The lowest BCUT2D eigenvalue weighted by Gasteiger charge is -2.36. The summed E-state index contributed by atoms with van der Waals surface area (Å²) in [6, 6.07) is 16.7. The van der Waals surface area contributed by atoms with Crippen LogP contribution in [0.5, 0.6) is 0 Å². The Morgan fingerprint density at radius 1 is 1.10 bits per heavy atom. The van der Waals surface area contributed by atoms with Crippen LogP contribution in [0.15, 0.2) is 65.2 Å². The molecule has 0 radical (unpaired) electrons. The van der Waals surface area contributed by atoms with E-state index >= 15 is 0 Å². The van der Waals surface area contributed by atoms with Gasteiger partial charge in [-0.2, -0.15) is 0 Å². The highest BCUT2D eigenvalue weighted by Gasteiger charge is 2.26. The monoisotopic (exact) mass is 392 g/mol. The molecular formula is C24H25FN2O2. The minimum absolute atomic E-state index is 0.159. The van der Waals surface area contributed by atoms with E-state index < -0.39 is 0 Å². The Labute approximate surface area is 170 Å². The van der Waals surface area contributed by atoms with Gasteiger partial charge in [0.2, 0.25) is 5.91 Å². The van der Waals surface area contributed by atoms with Gasteiger partial charge in [-0.05, 0) is 55.5 Å². The van der Waals surface area contributed by atoms with Crippen molar-refractivity contribution in [2.75, 3.05) is 6.54 Å². The van der Waals surface area contributed by atoms with E-state index in [1.807, 2.05) is 23.1 Å². The average molecular weight is 392 g/mol. The third-order valence-electron chi connectivity index (χ3n) is 5.50. The molecule has 1 aliphatic heterocycles. The summed E-state index contributed by atoms with van der Waals surface area (Å²) >= 11 is 0. The number of amides is 1. The maximum Gasteiger partial charge on any atom is 0.223 e. The van der Waals surface area contributed by atoms with Crippen molar-refractivity contribution in [1.82, 2.24) is 9.88 Å². The zero-order valence-electron chi connectivity index (χ0n) is 16.4. The Kier molecular flexibility index (Phi) is 6.03. The molecule has 2 aromatic carbocycles. The molecule has 2 heterocycles. The van der Waals surface area contributed by atoms with Gasteiger partial charge in [-0.15, -0.1) is 0 Å². The number of hydrogen-bond donors (Lipinski definition) is 0. The lowest BCUT2D eigenvalue weighted by molar-refractivity contribution is -0.134. The van der Waals surface area contributed by atoms with Crippen LogP contribution in [-0.4, -0.2) is 28.4 Å². The first-order valence-corrected chi connectivity index (χ1v) is 10.2. The molecule has 0 saturated carbocycles. The predicted molar refractivity (Wildman–Crippen MR) is 110 cm³/mol. The summed E-state index contributed by atoms with van der Waals surface area (Å²) in [6.07, 6.45) is 6.66. The first kappa shape index (κ1) is 19.4. The van der Waals surface area contributed by atoms with Crippen LogP contribution in [-0.2, 0) is 17.6 Å². The Hall–Kier alpha value is -2.95. The zero-order chi connectivity index (χ0) is 20.1. The number of aryl methyl sites for hydroxylation is 1. The minimum atomic E-state index is -0.286. The van der Waals surface area contributed by atoms with Gasteiger partial charge in [-0.3, -0.25) is 4.79 Å². The highest BCUT2D eigenvalue weighted by atomic mass is 19.1. The number of carbonyl (C=O) groups excluding carboxylic acids is 1. The first-order valence-electron chi connectivity index (χ1n) is 10.2. The van der Waals surface area contributed by atoms with Gasteiger partial charge >= 0.3 is 0 Å². The molecule has 1 unspecified atom stereocenters. The van der Waals surface area contributed by atoms with Crippen LogP contribution in [0.1, 0.15) is 37.1 Å². The number of oxazole rings is 1. The third kappa shape index (κ3) is 4.91. The second kappa shape index (κ2) is 9.03. The normalized spacial score (nSPS) is 16.7. The first-order chi connectivity index (χ1) is 14.2. The van der Waals surface area contributed by atoms with Crippen molar-refractivity contribution >= 4 is 5.91 Å². The largest absolute Gasteiger partial charge is 0.441 e. The number of carbonyl (C=O) groups is 1. The van der Waals surface area contributed by atoms with Crippen molar-refractivity contribution in [1.29, 1.82) is 0 Å². The molecule has 5 heteroatoms. The van der Waals surface area contributed by atoms with E-state index in [1.54, 1.807) is 18.3 Å². The number of benzene rings is 2. The van der Waals surface area contributed by atoms with Gasteiger partial charge < -0.3 is 9.32 Å². The summed E-state index contributed by atoms with van der Waals surface area (Å²) in [5.74, 6) is 1.000. The molecule has 29 heavy (non-hydrogen) atoms. The van der Waals surface area contributed by atoms with E-state index in [9.17, 15) is 9.18 Å². The molecule has 4 rings (SSSR count). The topological polar surface area (TPSA) is 46.3 Å². The molecule has 1 aromatic heterocycles. The number of halogens is 1. The quantitative estimate of drug-likeness (QED) is 0.591. The van der Waals surface area contributed by atoms with Gasteiger partial charge in [0.1, 0.15) is 5.82 Å². The fraction of sp³-hybridized carbons (Fsp3) is 0.333. The van der Waals surface area contributed by atoms with E-state index in [-0.39, 0.29) is 17.8 Å². The molecule has 0 spiro atoms. The lowest BCUT2D eigenvalue weighted by Crippen LogP contribution is -2.45. The molecule has 3 aromatic rings. The van der Waals surface area contributed by atoms with Gasteiger partial charge in [-0.1, -0.05) is 30.3 Å². The molecule has 1 fully saturated rings. The summed E-state index contributed by atoms with van der Waals surface area (Å²) in [7, 11) is 0. The van der Waals surface area contributed by atoms with Crippen LogP contribution < -0.4 is 0 Å². The molecule has 1 amide bonds. The number of aromatic nitrogens is 1. The Bertz CT molecular complexity index is 937. The number of hydrogen-bond acceptors (Lipinski definition) is 3. The van der Waals surface area contributed by atoms with Crippen molar-refractivity contribution in [3.63, 3.8) is 0 Å². The Morgan fingerprint density at radius 3 is 2.69 bits per heavy atom. The van der Waals surface area contributed by atoms with Gasteiger partial charge in [0.05, 0.1) is 6.20 Å². The molecule has 1 saturated heterocycles. The molecule has 4 nitrogen and oxygen atoms in total. The summed E-state index contributed by atoms with van der Waals surface area (Å²) in [4.78, 5) is 19.2. The third-order valence-corrected chi connectivity index (χ3v) is 5.50. The van der Waals surface area contributed by atoms with Crippen LogP contribution >= 0.6 is 0 Å². The molecule has 0 bridgehead atoms. The molecule has 1 aliphatic rings. The van der Waals surface area contributed by atoms with Gasteiger partial charge in [0.15, 0.2) is 11.7 Å². The SMILES string of the molecule is O=C(CCc1ncc(-c2ccc(F)cc2)o1)N1CCCCC1Cc1ccccc1. The van der Waals surface area contributed by atoms with Gasteiger partial charge in [0.25, 0.3) is 0 Å². The number of likely N-dealkylation sites (tertiary alicyclic amines) is 1. The Morgan fingerprint density at radius 2 is 1.90 bits per heavy atom. The van der Waals surface area contributed by atoms with Crippen molar-refractivity contribution in [2.24, 2.45) is 0 Å². The smallest absolute Gasteiger partial charge is 0.223 e. The molecule has 1 atom stereocenters. The van der Waals surface area contributed by atoms with Crippen LogP contribution in [0.4, 0.5) is 4.39 Å². The molecule has 0 N–H and O–H groups in total. The van der Waals surface area contributed by atoms with Crippen LogP contribution in [0.25, 0.3) is 11.3 Å². The van der Waals surface area contributed by atoms with Crippen molar-refractivity contribution < 1.29 is 13.6 Å². The summed E-state index contributed by atoms with van der Waals surface area (Å²) in [5.41, 5.74) is 2.05. The Balaban J connectivity index is 1.36. The van der Waals surface area contributed by atoms with E-state index in [4.69, 9.17) is 4.42 Å². The molecular weight excluding hydrogens is 367 g/mol. The van der Waals surface area contributed by atoms with Crippen LogP contribution in [0.2, 0.25) is 0 Å². The predicted octanol–water partition coefficient (Wildman–Crippen LogP) is 5.04. The molecule has 150 valence electrons. The zero-order valence-corrected chi connectivity index (χ0v) is 16.4. The second-order valence-electron chi connectivity index (χ2n) is 7.55. The van der Waals surface area contributed by atoms with Crippen molar-refractivity contribution in [3.8, 4) is 11.3 Å². The number of nitrogens with zero attached hydrogens (tertiary/aromatic N) is 2.